The maximum atomic E-state index is 14.4. The second kappa shape index (κ2) is 9.82. The summed E-state index contributed by atoms with van der Waals surface area (Å²) in [6.45, 7) is 0. The van der Waals surface area contributed by atoms with Gasteiger partial charge in [0.15, 0.2) is 0 Å². The van der Waals surface area contributed by atoms with Crippen LogP contribution in [0.25, 0.3) is 0 Å². The van der Waals surface area contributed by atoms with Gasteiger partial charge in [0.25, 0.3) is 0 Å². The summed E-state index contributed by atoms with van der Waals surface area (Å²) < 4.78 is 52.5. The lowest BCUT2D eigenvalue weighted by Gasteiger charge is -2.34. The fourth-order valence-electron chi connectivity index (χ4n) is 3.72. The zero-order valence-corrected chi connectivity index (χ0v) is 18.8. The topological polar surface area (TPSA) is 93.7 Å². The summed E-state index contributed by atoms with van der Waals surface area (Å²) in [7, 11) is 1.91. The van der Waals surface area contributed by atoms with Crippen LogP contribution in [0, 0.1) is 0 Å². The molecule has 7 nitrogen and oxygen atoms in total. The molecule has 2 aromatic rings. The van der Waals surface area contributed by atoms with Crippen LogP contribution in [-0.2, 0) is 38.3 Å². The van der Waals surface area contributed by atoms with Crippen molar-refractivity contribution in [3.8, 4) is 0 Å². The fraction of sp³-hybridized carbons (Fsp3) is 0.409. The minimum absolute atomic E-state index is 0.0629. The van der Waals surface area contributed by atoms with Gasteiger partial charge in [0.05, 0.1) is 26.2 Å². The van der Waals surface area contributed by atoms with Crippen molar-refractivity contribution in [1.29, 1.82) is 0 Å². The molecule has 1 aliphatic rings. The molecule has 1 amide bonds. The molecule has 11 heteroatoms. The Morgan fingerprint density at radius 2 is 1.70 bits per heavy atom. The lowest BCUT2D eigenvalue weighted by atomic mass is 9.95. The second-order valence-corrected chi connectivity index (χ2v) is 8.59. The molecule has 0 aliphatic heterocycles. The summed E-state index contributed by atoms with van der Waals surface area (Å²) >= 11 is 0.937. The molecular weight excluding hydrogens is 461 g/mol. The molecule has 0 saturated heterocycles. The largest absolute Gasteiger partial charge is 0.466 e. The maximum absolute atomic E-state index is 14.4. The Kier molecular flexibility index (Phi) is 7.31. The van der Waals surface area contributed by atoms with Crippen LogP contribution in [0.5, 0.6) is 0 Å². The molecule has 2 N–H and O–H groups in total. The summed E-state index contributed by atoms with van der Waals surface area (Å²) in [5.41, 5.74) is -2.62. The number of esters is 2. The molecule has 178 valence electrons. The number of alkyl halides is 3. The predicted molar refractivity (Wildman–Crippen MR) is 115 cm³/mol. The molecule has 0 fully saturated rings. The van der Waals surface area contributed by atoms with Crippen molar-refractivity contribution in [2.24, 2.45) is 0 Å². The van der Waals surface area contributed by atoms with Gasteiger partial charge in [-0.3, -0.25) is 4.79 Å². The first-order chi connectivity index (χ1) is 15.6. The summed E-state index contributed by atoms with van der Waals surface area (Å²) in [5.74, 6) is -3.65. The van der Waals surface area contributed by atoms with Crippen LogP contribution in [0.3, 0.4) is 0 Å². The van der Waals surface area contributed by atoms with Gasteiger partial charge >= 0.3 is 23.8 Å². The normalized spacial score (nSPS) is 15.1. The molecule has 1 aromatic heterocycles. The van der Waals surface area contributed by atoms with Gasteiger partial charge in [0, 0.05) is 4.88 Å². The zero-order chi connectivity index (χ0) is 24.2. The number of hydrogen-bond donors (Lipinski definition) is 2. The molecule has 1 heterocycles. The number of fused-ring (bicyclic) bond motifs is 1. The molecular formula is C22H23F3N2O5S. The van der Waals surface area contributed by atoms with E-state index in [1.807, 2.05) is 0 Å². The molecule has 33 heavy (non-hydrogen) atoms. The Morgan fingerprint density at radius 1 is 1.03 bits per heavy atom. The molecule has 1 unspecified atom stereocenters. The third kappa shape index (κ3) is 4.97. The highest BCUT2D eigenvalue weighted by molar-refractivity contribution is 7.16. The standard InChI is InChI=1S/C22H23F3N2O5S/c1-31-19(29)17-14-10-6-7-11-15(14)33-18(17)27-21(20(30)32-2,22(23,24)25)26-16(28)12-13-8-4-3-5-9-13/h3-5,8-9,27H,6-7,10-12H2,1-2H3,(H,26,28). The van der Waals surface area contributed by atoms with E-state index < -0.39 is 36.1 Å². The van der Waals surface area contributed by atoms with Gasteiger partial charge in [0.2, 0.25) is 5.91 Å². The van der Waals surface area contributed by atoms with Gasteiger partial charge in [0.1, 0.15) is 5.00 Å². The number of thiophene rings is 1. The average molecular weight is 484 g/mol. The van der Waals surface area contributed by atoms with Crippen LogP contribution in [-0.4, -0.2) is 43.9 Å². The van der Waals surface area contributed by atoms with Crippen molar-refractivity contribution >= 4 is 34.2 Å². The minimum atomic E-state index is -5.30. The van der Waals surface area contributed by atoms with Gasteiger partial charge in [-0.25, -0.2) is 9.59 Å². The Balaban J connectivity index is 2.05. The van der Waals surface area contributed by atoms with Crippen molar-refractivity contribution in [2.45, 2.75) is 43.9 Å². The average Bonchev–Trinajstić information content (AvgIpc) is 3.15. The van der Waals surface area contributed by atoms with E-state index in [0.717, 1.165) is 43.3 Å². The number of carbonyl (C=O) groups is 3. The van der Waals surface area contributed by atoms with Gasteiger partial charge in [-0.05, 0) is 36.8 Å². The lowest BCUT2D eigenvalue weighted by molar-refractivity contribution is -0.206. The second-order valence-electron chi connectivity index (χ2n) is 7.48. The van der Waals surface area contributed by atoms with Crippen molar-refractivity contribution < 1.29 is 37.0 Å². The third-order valence-electron chi connectivity index (χ3n) is 5.31. The smallest absolute Gasteiger partial charge is 0.441 e. The SMILES string of the molecule is COC(=O)c1c(NC(NC(=O)Cc2ccccc2)(C(=O)OC)C(F)(F)F)sc2c1CCCC2. The molecule has 0 spiro atoms. The molecule has 1 aliphatic carbocycles. The third-order valence-corrected chi connectivity index (χ3v) is 6.52. The van der Waals surface area contributed by atoms with Crippen LogP contribution in [0.2, 0.25) is 0 Å². The first-order valence-electron chi connectivity index (χ1n) is 10.1. The van der Waals surface area contributed by atoms with Gasteiger partial charge in [-0.1, -0.05) is 30.3 Å². The zero-order valence-electron chi connectivity index (χ0n) is 18.0. The van der Waals surface area contributed by atoms with Crippen LogP contribution < -0.4 is 10.6 Å². The summed E-state index contributed by atoms with van der Waals surface area (Å²) in [5, 5.41) is 3.70. The number of amides is 1. The Morgan fingerprint density at radius 3 is 2.30 bits per heavy atom. The first-order valence-corrected chi connectivity index (χ1v) is 11.0. The van der Waals surface area contributed by atoms with Crippen molar-refractivity contribution in [3.05, 3.63) is 51.9 Å². The maximum Gasteiger partial charge on any atom is 0.441 e. The van der Waals surface area contributed by atoms with Crippen LogP contribution in [0.1, 0.15) is 39.2 Å². The molecule has 1 aromatic carbocycles. The number of halogens is 3. The van der Waals surface area contributed by atoms with E-state index in [1.54, 1.807) is 35.6 Å². The van der Waals surface area contributed by atoms with Crippen molar-refractivity contribution in [1.82, 2.24) is 5.32 Å². The first kappa shape index (κ1) is 24.6. The van der Waals surface area contributed by atoms with Gasteiger partial charge < -0.3 is 20.1 Å². The summed E-state index contributed by atoms with van der Waals surface area (Å²) in [6, 6.07) is 8.12. The molecule has 3 rings (SSSR count). The van der Waals surface area contributed by atoms with Crippen LogP contribution in [0.15, 0.2) is 30.3 Å². The lowest BCUT2D eigenvalue weighted by Crippen LogP contribution is -2.69. The highest BCUT2D eigenvalue weighted by Gasteiger charge is 2.64. The number of nitrogens with one attached hydrogen (secondary N) is 2. The molecule has 0 bridgehead atoms. The number of anilines is 1. The van der Waals surface area contributed by atoms with E-state index in [2.05, 4.69) is 10.1 Å². The van der Waals surface area contributed by atoms with E-state index in [-0.39, 0.29) is 10.6 Å². The molecule has 0 saturated carbocycles. The van der Waals surface area contributed by atoms with Gasteiger partial charge in [-0.2, -0.15) is 13.2 Å². The highest BCUT2D eigenvalue weighted by atomic mass is 32.1. The van der Waals surface area contributed by atoms with E-state index in [9.17, 15) is 27.6 Å². The Labute approximate surface area is 192 Å². The Bertz CT molecular complexity index is 1040. The number of ether oxygens (including phenoxy) is 2. The van der Waals surface area contributed by atoms with E-state index in [4.69, 9.17) is 4.74 Å². The fourth-order valence-corrected chi connectivity index (χ4v) is 5.05. The summed E-state index contributed by atoms with van der Waals surface area (Å²) in [6.07, 6.45) is -3.03. The van der Waals surface area contributed by atoms with Crippen LogP contribution in [0.4, 0.5) is 18.2 Å². The number of rotatable bonds is 7. The molecule has 1 atom stereocenters. The predicted octanol–water partition coefficient (Wildman–Crippen LogP) is 3.62. The minimum Gasteiger partial charge on any atom is -0.466 e. The number of methoxy groups -OCH3 is 2. The number of aryl methyl sites for hydroxylation is 1. The van der Waals surface area contributed by atoms with Crippen LogP contribution >= 0.6 is 11.3 Å². The van der Waals surface area contributed by atoms with Gasteiger partial charge in [-0.15, -0.1) is 11.3 Å². The van der Waals surface area contributed by atoms with E-state index in [1.165, 1.54) is 0 Å². The number of benzene rings is 1. The van der Waals surface area contributed by atoms with Crippen molar-refractivity contribution in [3.63, 3.8) is 0 Å². The number of carbonyl (C=O) groups excluding carboxylic acids is 3. The number of hydrogen-bond acceptors (Lipinski definition) is 7. The highest BCUT2D eigenvalue weighted by Crippen LogP contribution is 2.42. The Hall–Kier alpha value is -3.08. The molecule has 0 radical (unpaired) electrons. The monoisotopic (exact) mass is 484 g/mol. The van der Waals surface area contributed by atoms with E-state index in [0.29, 0.717) is 24.0 Å². The van der Waals surface area contributed by atoms with E-state index >= 15 is 0 Å². The quantitative estimate of drug-likeness (QED) is 0.461. The van der Waals surface area contributed by atoms with Crippen molar-refractivity contribution in [2.75, 3.05) is 19.5 Å². The summed E-state index contributed by atoms with van der Waals surface area (Å²) in [4.78, 5) is 38.3.